The number of fused-ring (bicyclic) bond motifs is 1. The molecule has 6 heteroatoms. The minimum absolute atomic E-state index is 0.000835. The van der Waals surface area contributed by atoms with E-state index in [1.165, 1.54) is 18.0 Å². The summed E-state index contributed by atoms with van der Waals surface area (Å²) in [5, 5.41) is 3.48. The van der Waals surface area contributed by atoms with Gasteiger partial charge in [0.15, 0.2) is 0 Å². The number of carbonyl (C=O) groups excluding carboxylic acids is 1. The average Bonchev–Trinajstić information content (AvgIpc) is 2.89. The topological polar surface area (TPSA) is 51.2 Å². The van der Waals surface area contributed by atoms with E-state index in [4.69, 9.17) is 27.9 Å². The van der Waals surface area contributed by atoms with Gasteiger partial charge in [-0.25, -0.2) is 0 Å². The van der Waals surface area contributed by atoms with Gasteiger partial charge in [-0.1, -0.05) is 35.3 Å². The Morgan fingerprint density at radius 3 is 2.68 bits per heavy atom. The molecule has 1 N–H and O–H groups in total. The van der Waals surface area contributed by atoms with E-state index >= 15 is 0 Å². The van der Waals surface area contributed by atoms with E-state index in [9.17, 15) is 4.79 Å². The van der Waals surface area contributed by atoms with Gasteiger partial charge in [-0.05, 0) is 30.0 Å². The van der Waals surface area contributed by atoms with E-state index in [1.54, 1.807) is 7.11 Å². The Hall–Kier alpha value is -1.78. The number of benzene rings is 1. The lowest BCUT2D eigenvalue weighted by molar-refractivity contribution is 0.0938. The molecule has 1 aromatic carbocycles. The van der Waals surface area contributed by atoms with Gasteiger partial charge in [-0.3, -0.25) is 9.78 Å². The monoisotopic (exact) mass is 336 g/mol. The van der Waals surface area contributed by atoms with Crippen molar-refractivity contribution in [2.75, 3.05) is 7.11 Å². The fourth-order valence-electron chi connectivity index (χ4n) is 2.80. The summed E-state index contributed by atoms with van der Waals surface area (Å²) < 4.78 is 5.37. The number of halogens is 2. The van der Waals surface area contributed by atoms with Crippen LogP contribution in [0.4, 0.5) is 0 Å². The van der Waals surface area contributed by atoms with Crippen molar-refractivity contribution in [1.82, 2.24) is 10.3 Å². The molecule has 0 bridgehead atoms. The predicted octanol–water partition coefficient (Wildman–Crippen LogP) is 3.29. The van der Waals surface area contributed by atoms with Crippen molar-refractivity contribution < 1.29 is 9.53 Å². The minimum atomic E-state index is -0.283. The molecular formula is C16H14Cl2N2O2. The number of aromatic nitrogens is 1. The van der Waals surface area contributed by atoms with Gasteiger partial charge in [0.25, 0.3) is 5.91 Å². The van der Waals surface area contributed by atoms with Gasteiger partial charge >= 0.3 is 0 Å². The molecular weight excluding hydrogens is 323 g/mol. The molecule has 1 aliphatic rings. The van der Waals surface area contributed by atoms with Gasteiger partial charge in [-0.15, -0.1) is 0 Å². The van der Waals surface area contributed by atoms with Crippen LogP contribution < -0.4 is 10.1 Å². The quantitative estimate of drug-likeness (QED) is 0.935. The molecule has 3 rings (SSSR count). The SMILES string of the molecule is COc1cccc2c1CC(NC(=O)c1c(Cl)cncc1Cl)C2. The standard InChI is InChI=1S/C16H14Cl2N2O2/c1-22-14-4-2-3-9-5-10(6-11(9)14)20-16(21)15-12(17)7-19-8-13(15)18/h2-4,7-8,10H,5-6H2,1H3,(H,20,21). The second-order valence-corrected chi connectivity index (χ2v) is 5.97. The molecule has 0 aliphatic heterocycles. The Kier molecular flexibility index (Phi) is 4.23. The van der Waals surface area contributed by atoms with E-state index < -0.39 is 0 Å². The first kappa shape index (κ1) is 15.1. The first-order chi connectivity index (χ1) is 10.6. The molecule has 114 valence electrons. The maximum atomic E-state index is 12.4. The molecule has 1 amide bonds. The highest BCUT2D eigenvalue weighted by Crippen LogP contribution is 2.31. The molecule has 1 aliphatic carbocycles. The number of pyridine rings is 1. The second-order valence-electron chi connectivity index (χ2n) is 5.15. The molecule has 4 nitrogen and oxygen atoms in total. The highest BCUT2D eigenvalue weighted by molar-refractivity contribution is 6.39. The molecule has 1 atom stereocenters. The van der Waals surface area contributed by atoms with Crippen molar-refractivity contribution in [1.29, 1.82) is 0 Å². The van der Waals surface area contributed by atoms with Crippen molar-refractivity contribution >= 4 is 29.1 Å². The summed E-state index contributed by atoms with van der Waals surface area (Å²) in [7, 11) is 1.65. The summed E-state index contributed by atoms with van der Waals surface area (Å²) in [5.74, 6) is 0.573. The number of nitrogens with zero attached hydrogens (tertiary/aromatic N) is 1. The first-order valence-electron chi connectivity index (χ1n) is 6.84. The number of hydrogen-bond donors (Lipinski definition) is 1. The fourth-order valence-corrected chi connectivity index (χ4v) is 3.33. The Morgan fingerprint density at radius 2 is 2.00 bits per heavy atom. The number of nitrogens with one attached hydrogen (secondary N) is 1. The Balaban J connectivity index is 1.77. The van der Waals surface area contributed by atoms with Crippen LogP contribution in [0, 0.1) is 0 Å². The third-order valence-electron chi connectivity index (χ3n) is 3.78. The summed E-state index contributed by atoms with van der Waals surface area (Å²) >= 11 is 12.0. The van der Waals surface area contributed by atoms with Gasteiger partial charge in [-0.2, -0.15) is 0 Å². The van der Waals surface area contributed by atoms with Crippen molar-refractivity contribution in [3.8, 4) is 5.75 Å². The Morgan fingerprint density at radius 1 is 1.27 bits per heavy atom. The number of amides is 1. The van der Waals surface area contributed by atoms with Crippen molar-refractivity contribution in [2.45, 2.75) is 18.9 Å². The van der Waals surface area contributed by atoms with Gasteiger partial charge < -0.3 is 10.1 Å². The fraction of sp³-hybridized carbons (Fsp3) is 0.250. The van der Waals surface area contributed by atoms with E-state index in [0.29, 0.717) is 0 Å². The molecule has 2 aromatic rings. The van der Waals surface area contributed by atoms with Crippen LogP contribution in [0.25, 0.3) is 0 Å². The maximum absolute atomic E-state index is 12.4. The van der Waals surface area contributed by atoms with Gasteiger partial charge in [0.1, 0.15) is 5.75 Å². The van der Waals surface area contributed by atoms with E-state index in [0.717, 1.165) is 24.2 Å². The van der Waals surface area contributed by atoms with Crippen LogP contribution in [0.1, 0.15) is 21.5 Å². The number of methoxy groups -OCH3 is 1. The van der Waals surface area contributed by atoms with Gasteiger partial charge in [0, 0.05) is 18.4 Å². The maximum Gasteiger partial charge on any atom is 0.254 e. The molecule has 0 fully saturated rings. The van der Waals surface area contributed by atoms with Crippen LogP contribution in [-0.2, 0) is 12.8 Å². The van der Waals surface area contributed by atoms with Gasteiger partial charge in [0.2, 0.25) is 0 Å². The summed E-state index contributed by atoms with van der Waals surface area (Å²) in [6.45, 7) is 0. The Labute approximate surface area is 138 Å². The number of hydrogen-bond acceptors (Lipinski definition) is 3. The van der Waals surface area contributed by atoms with Crippen LogP contribution in [-0.4, -0.2) is 24.0 Å². The van der Waals surface area contributed by atoms with Crippen LogP contribution in [0.5, 0.6) is 5.75 Å². The second kappa shape index (κ2) is 6.15. The zero-order valence-corrected chi connectivity index (χ0v) is 13.4. The summed E-state index contributed by atoms with van der Waals surface area (Å²) in [5.41, 5.74) is 2.60. The number of ether oxygens (including phenoxy) is 1. The van der Waals surface area contributed by atoms with Gasteiger partial charge in [0.05, 0.1) is 22.7 Å². The molecule has 0 radical (unpaired) electrons. The number of carbonyl (C=O) groups is 1. The molecule has 22 heavy (non-hydrogen) atoms. The van der Waals surface area contributed by atoms with E-state index in [-0.39, 0.29) is 27.6 Å². The highest BCUT2D eigenvalue weighted by Gasteiger charge is 2.27. The predicted molar refractivity (Wildman–Crippen MR) is 85.9 cm³/mol. The number of rotatable bonds is 3. The summed E-state index contributed by atoms with van der Waals surface area (Å²) in [4.78, 5) is 16.3. The van der Waals surface area contributed by atoms with Crippen LogP contribution >= 0.6 is 23.2 Å². The zero-order valence-electron chi connectivity index (χ0n) is 11.9. The zero-order chi connectivity index (χ0) is 15.7. The molecule has 1 unspecified atom stereocenters. The van der Waals surface area contributed by atoms with Crippen LogP contribution in [0.2, 0.25) is 10.0 Å². The van der Waals surface area contributed by atoms with E-state index in [1.807, 2.05) is 12.1 Å². The van der Waals surface area contributed by atoms with Crippen molar-refractivity contribution in [3.63, 3.8) is 0 Å². The third kappa shape index (κ3) is 2.76. The largest absolute Gasteiger partial charge is 0.496 e. The lowest BCUT2D eigenvalue weighted by atomic mass is 10.1. The molecule has 0 saturated heterocycles. The first-order valence-corrected chi connectivity index (χ1v) is 7.60. The average molecular weight is 337 g/mol. The molecule has 1 aromatic heterocycles. The molecule has 0 spiro atoms. The smallest absolute Gasteiger partial charge is 0.254 e. The Bertz CT molecular complexity index is 714. The minimum Gasteiger partial charge on any atom is -0.496 e. The summed E-state index contributed by atoms with van der Waals surface area (Å²) in [6, 6.07) is 5.94. The molecule has 1 heterocycles. The molecule has 0 saturated carbocycles. The van der Waals surface area contributed by atoms with Crippen LogP contribution in [0.15, 0.2) is 30.6 Å². The van der Waals surface area contributed by atoms with E-state index in [2.05, 4.69) is 16.4 Å². The van der Waals surface area contributed by atoms with Crippen molar-refractivity contribution in [2.24, 2.45) is 0 Å². The highest BCUT2D eigenvalue weighted by atomic mass is 35.5. The lowest BCUT2D eigenvalue weighted by Gasteiger charge is -2.13. The lowest BCUT2D eigenvalue weighted by Crippen LogP contribution is -2.35. The van der Waals surface area contributed by atoms with Crippen LogP contribution in [0.3, 0.4) is 0 Å². The summed E-state index contributed by atoms with van der Waals surface area (Å²) in [6.07, 6.45) is 4.31. The van der Waals surface area contributed by atoms with Crippen molar-refractivity contribution in [3.05, 3.63) is 57.3 Å². The normalized spacial score (nSPS) is 16.2. The third-order valence-corrected chi connectivity index (χ3v) is 4.36.